The van der Waals surface area contributed by atoms with Gasteiger partial charge in [-0.3, -0.25) is 14.6 Å². The third-order valence-corrected chi connectivity index (χ3v) is 5.93. The molecule has 0 spiro atoms. The van der Waals surface area contributed by atoms with Crippen LogP contribution in [0.2, 0.25) is 5.02 Å². The number of halogens is 2. The van der Waals surface area contributed by atoms with Gasteiger partial charge in [0.05, 0.1) is 6.04 Å². The normalized spacial score (nSPS) is 20.4. The number of nitrogens with zero attached hydrogens (tertiary/aromatic N) is 3. The van der Waals surface area contributed by atoms with Crippen molar-refractivity contribution >= 4 is 29.6 Å². The molecule has 160 valence electrons. The lowest BCUT2D eigenvalue weighted by molar-refractivity contribution is -0.146. The minimum absolute atomic E-state index is 0.238. The van der Waals surface area contributed by atoms with Crippen molar-refractivity contribution in [3.05, 3.63) is 82.3 Å². The second kappa shape index (κ2) is 8.51. The second-order valence-corrected chi connectivity index (χ2v) is 8.09. The molecule has 1 heterocycles. The van der Waals surface area contributed by atoms with Crippen LogP contribution in [0.15, 0.2) is 59.7 Å². The van der Waals surface area contributed by atoms with E-state index in [4.69, 9.17) is 17.3 Å². The third-order valence-electron chi connectivity index (χ3n) is 5.72. The van der Waals surface area contributed by atoms with Crippen molar-refractivity contribution in [3.8, 4) is 0 Å². The molecule has 0 aromatic heterocycles. The zero-order valence-corrected chi connectivity index (χ0v) is 17.7. The average Bonchev–Trinajstić information content (AvgIpc) is 3.16. The fourth-order valence-corrected chi connectivity index (χ4v) is 4.54. The summed E-state index contributed by atoms with van der Waals surface area (Å²) in [6.45, 7) is 0. The number of primary amides is 1. The summed E-state index contributed by atoms with van der Waals surface area (Å²) in [6.07, 6.45) is 5.01. The maximum absolute atomic E-state index is 14.6. The lowest BCUT2D eigenvalue weighted by atomic mass is 9.98. The Morgan fingerprint density at radius 2 is 2.03 bits per heavy atom. The van der Waals surface area contributed by atoms with E-state index in [0.717, 1.165) is 0 Å². The van der Waals surface area contributed by atoms with Gasteiger partial charge < -0.3 is 15.5 Å². The summed E-state index contributed by atoms with van der Waals surface area (Å²) in [5.74, 6) is -1.48. The standard InChI is InChI=1S/C23H22ClFN4O2/c1-28-11-5-10-27-22(28)23(31)29(20(21(26)30)14-6-3-2-4-7-14)19-9-8-16-17(19)12-15(24)13-18(16)25/h2-7,10-13,19-20,22H,8-9H2,1H3,(H2,26,30)/t19-,20-,22?/m1/s1. The van der Waals surface area contributed by atoms with Crippen LogP contribution in [-0.2, 0) is 16.0 Å². The van der Waals surface area contributed by atoms with Gasteiger partial charge in [-0.15, -0.1) is 0 Å². The summed E-state index contributed by atoms with van der Waals surface area (Å²) in [5.41, 5.74) is 7.50. The highest BCUT2D eigenvalue weighted by Crippen LogP contribution is 2.43. The second-order valence-electron chi connectivity index (χ2n) is 7.65. The highest BCUT2D eigenvalue weighted by Gasteiger charge is 2.42. The Morgan fingerprint density at radius 3 is 2.71 bits per heavy atom. The Kier molecular flexibility index (Phi) is 5.78. The van der Waals surface area contributed by atoms with Crippen LogP contribution in [0.25, 0.3) is 0 Å². The molecule has 8 heteroatoms. The summed E-state index contributed by atoms with van der Waals surface area (Å²) in [7, 11) is 1.73. The third kappa shape index (κ3) is 3.93. The number of likely N-dealkylation sites (N-methyl/N-ethyl adjacent to an activating group) is 1. The Bertz CT molecular complexity index is 1070. The van der Waals surface area contributed by atoms with Crippen molar-refractivity contribution in [1.29, 1.82) is 0 Å². The van der Waals surface area contributed by atoms with E-state index in [1.807, 2.05) is 6.07 Å². The largest absolute Gasteiger partial charge is 0.368 e. The highest BCUT2D eigenvalue weighted by molar-refractivity contribution is 6.30. The van der Waals surface area contributed by atoms with Gasteiger partial charge in [-0.1, -0.05) is 41.9 Å². The van der Waals surface area contributed by atoms with Gasteiger partial charge >= 0.3 is 0 Å². The van der Waals surface area contributed by atoms with Gasteiger partial charge in [0.2, 0.25) is 5.91 Å². The van der Waals surface area contributed by atoms with Crippen LogP contribution >= 0.6 is 11.6 Å². The van der Waals surface area contributed by atoms with E-state index < -0.39 is 35.9 Å². The van der Waals surface area contributed by atoms with E-state index in [9.17, 15) is 14.0 Å². The number of allylic oxidation sites excluding steroid dienone is 1. The molecule has 6 nitrogen and oxygen atoms in total. The molecule has 2 aromatic rings. The van der Waals surface area contributed by atoms with Crippen molar-refractivity contribution in [3.63, 3.8) is 0 Å². The summed E-state index contributed by atoms with van der Waals surface area (Å²) in [5, 5.41) is 0.238. The molecule has 31 heavy (non-hydrogen) atoms. The van der Waals surface area contributed by atoms with Crippen LogP contribution in [0.4, 0.5) is 4.39 Å². The number of rotatable bonds is 5. The van der Waals surface area contributed by atoms with Crippen molar-refractivity contribution in [1.82, 2.24) is 9.80 Å². The quantitative estimate of drug-likeness (QED) is 0.774. The predicted octanol–water partition coefficient (Wildman–Crippen LogP) is 3.38. The molecule has 2 amide bonds. The molecule has 2 N–H and O–H groups in total. The molecule has 0 bridgehead atoms. The zero-order valence-electron chi connectivity index (χ0n) is 16.9. The summed E-state index contributed by atoms with van der Waals surface area (Å²) < 4.78 is 14.6. The summed E-state index contributed by atoms with van der Waals surface area (Å²) in [4.78, 5) is 33.9. The fourth-order valence-electron chi connectivity index (χ4n) is 4.33. The molecular formula is C23H22ClFN4O2. The number of carbonyl (C=O) groups is 2. The van der Waals surface area contributed by atoms with E-state index >= 15 is 0 Å². The first-order valence-electron chi connectivity index (χ1n) is 9.94. The van der Waals surface area contributed by atoms with E-state index in [-0.39, 0.29) is 5.02 Å². The molecule has 4 rings (SSSR count). The van der Waals surface area contributed by atoms with Crippen LogP contribution in [0.1, 0.15) is 35.2 Å². The van der Waals surface area contributed by atoms with Crippen molar-refractivity contribution in [2.45, 2.75) is 31.1 Å². The Hall–Kier alpha value is -3.19. The number of carbonyl (C=O) groups excluding carboxylic acids is 2. The van der Waals surface area contributed by atoms with E-state index in [1.54, 1.807) is 60.8 Å². The first-order chi connectivity index (χ1) is 14.9. The number of nitrogens with two attached hydrogens (primary N) is 1. The molecule has 0 saturated carbocycles. The number of hydrogen-bond donors (Lipinski definition) is 1. The van der Waals surface area contributed by atoms with Crippen molar-refractivity contribution < 1.29 is 14.0 Å². The molecule has 1 unspecified atom stereocenters. The molecule has 2 aromatic carbocycles. The monoisotopic (exact) mass is 440 g/mol. The molecule has 1 aliphatic heterocycles. The number of amides is 2. The minimum atomic E-state index is -1.04. The minimum Gasteiger partial charge on any atom is -0.368 e. The Morgan fingerprint density at radius 1 is 1.29 bits per heavy atom. The van der Waals surface area contributed by atoms with Gasteiger partial charge in [-0.25, -0.2) is 4.39 Å². The maximum atomic E-state index is 14.6. The van der Waals surface area contributed by atoms with Crippen LogP contribution < -0.4 is 5.73 Å². The smallest absolute Gasteiger partial charge is 0.269 e. The number of fused-ring (bicyclic) bond motifs is 1. The molecule has 0 radical (unpaired) electrons. The number of benzene rings is 2. The maximum Gasteiger partial charge on any atom is 0.269 e. The first kappa shape index (κ1) is 21.1. The SMILES string of the molecule is CN1C=CC=NC1C(=O)N([C@@H]1CCc2c(F)cc(Cl)cc21)[C@@H](C(N)=O)c1ccccc1. The van der Waals surface area contributed by atoms with E-state index in [0.29, 0.717) is 29.5 Å². The van der Waals surface area contributed by atoms with Gasteiger partial charge in [0.1, 0.15) is 11.9 Å². The van der Waals surface area contributed by atoms with Crippen LogP contribution in [0.3, 0.4) is 0 Å². The van der Waals surface area contributed by atoms with Gasteiger partial charge in [0.25, 0.3) is 5.91 Å². The van der Waals surface area contributed by atoms with Crippen molar-refractivity contribution in [2.24, 2.45) is 10.7 Å². The van der Waals surface area contributed by atoms with Gasteiger partial charge in [-0.2, -0.15) is 0 Å². The van der Waals surface area contributed by atoms with Crippen LogP contribution in [0, 0.1) is 5.82 Å². The molecule has 0 saturated heterocycles. The molecule has 0 fully saturated rings. The van der Waals surface area contributed by atoms with E-state index in [1.165, 1.54) is 11.0 Å². The predicted molar refractivity (Wildman–Crippen MR) is 117 cm³/mol. The topological polar surface area (TPSA) is 79.0 Å². The van der Waals surface area contributed by atoms with Crippen LogP contribution in [0.5, 0.6) is 0 Å². The zero-order chi connectivity index (χ0) is 22.1. The fraction of sp³-hybridized carbons (Fsp3) is 0.261. The van der Waals surface area contributed by atoms with Gasteiger partial charge in [0, 0.05) is 24.5 Å². The summed E-state index contributed by atoms with van der Waals surface area (Å²) >= 11 is 6.13. The Labute approximate surface area is 184 Å². The van der Waals surface area contributed by atoms with Gasteiger partial charge in [0.15, 0.2) is 6.17 Å². The average molecular weight is 441 g/mol. The molecule has 1 aliphatic carbocycles. The highest BCUT2D eigenvalue weighted by atomic mass is 35.5. The lowest BCUT2D eigenvalue weighted by Gasteiger charge is -2.39. The van der Waals surface area contributed by atoms with Crippen LogP contribution in [-0.4, -0.2) is 41.0 Å². The number of aliphatic imine (C=N–C) groups is 1. The van der Waals surface area contributed by atoms with E-state index in [2.05, 4.69) is 4.99 Å². The lowest BCUT2D eigenvalue weighted by Crippen LogP contribution is -2.50. The van der Waals surface area contributed by atoms with Crippen molar-refractivity contribution in [2.75, 3.05) is 7.05 Å². The summed E-state index contributed by atoms with van der Waals surface area (Å²) in [6, 6.07) is 10.2. The molecule has 2 aliphatic rings. The molecule has 3 atom stereocenters. The molecular weight excluding hydrogens is 419 g/mol. The Balaban J connectivity index is 1.85. The van der Waals surface area contributed by atoms with Gasteiger partial charge in [-0.05, 0) is 47.7 Å². The number of hydrogen-bond acceptors (Lipinski definition) is 4. The first-order valence-corrected chi connectivity index (χ1v) is 10.3.